The zero-order chi connectivity index (χ0) is 19.2. The van der Waals surface area contributed by atoms with Crippen molar-refractivity contribution in [3.63, 3.8) is 0 Å². The first-order chi connectivity index (χ1) is 11.2. The molecule has 0 aromatic heterocycles. The van der Waals surface area contributed by atoms with Crippen LogP contribution in [0.25, 0.3) is 0 Å². The summed E-state index contributed by atoms with van der Waals surface area (Å²) in [5.74, 6) is 0. The molecule has 0 unspecified atom stereocenters. The summed E-state index contributed by atoms with van der Waals surface area (Å²) in [6.07, 6.45) is -10.3. The van der Waals surface area contributed by atoms with Crippen LogP contribution in [0, 0.1) is 0 Å². The molecule has 0 saturated heterocycles. The summed E-state index contributed by atoms with van der Waals surface area (Å²) >= 11 is 10.9. The van der Waals surface area contributed by atoms with E-state index in [1.54, 1.807) is 0 Å². The van der Waals surface area contributed by atoms with Gasteiger partial charge in [0.2, 0.25) is 9.84 Å². The molecule has 0 fully saturated rings. The average molecular weight is 423 g/mol. The van der Waals surface area contributed by atoms with Gasteiger partial charge in [-0.25, -0.2) is 8.42 Å². The summed E-state index contributed by atoms with van der Waals surface area (Å²) in [5.41, 5.74) is -3.33. The zero-order valence-corrected chi connectivity index (χ0v) is 14.0. The number of sulfone groups is 1. The number of hydrogen-bond acceptors (Lipinski definition) is 2. The third-order valence-corrected chi connectivity index (χ3v) is 5.41. The van der Waals surface area contributed by atoms with Gasteiger partial charge in [-0.2, -0.15) is 26.3 Å². The summed E-state index contributed by atoms with van der Waals surface area (Å²) < 4.78 is 104. The molecule has 0 aliphatic rings. The first-order valence-corrected chi connectivity index (χ1v) is 8.47. The molecule has 0 N–H and O–H groups in total. The third-order valence-electron chi connectivity index (χ3n) is 3.07. The number of halogens is 8. The van der Waals surface area contributed by atoms with Gasteiger partial charge in [-0.05, 0) is 36.4 Å². The number of alkyl halides is 6. The van der Waals surface area contributed by atoms with Gasteiger partial charge in [0.1, 0.15) is 0 Å². The molecule has 0 aliphatic heterocycles. The van der Waals surface area contributed by atoms with Crippen LogP contribution in [0.4, 0.5) is 26.3 Å². The Morgan fingerprint density at radius 1 is 0.680 bits per heavy atom. The van der Waals surface area contributed by atoms with E-state index in [9.17, 15) is 34.8 Å². The van der Waals surface area contributed by atoms with Crippen LogP contribution >= 0.6 is 23.2 Å². The Morgan fingerprint density at radius 3 is 1.28 bits per heavy atom. The second kappa shape index (κ2) is 6.37. The van der Waals surface area contributed by atoms with Crippen LogP contribution in [0.3, 0.4) is 0 Å². The molecule has 0 bridgehead atoms. The maximum absolute atomic E-state index is 13.1. The lowest BCUT2D eigenvalue weighted by atomic mass is 10.2. The Balaban J connectivity index is 2.83. The van der Waals surface area contributed by atoms with Crippen molar-refractivity contribution in [1.29, 1.82) is 0 Å². The highest BCUT2D eigenvalue weighted by molar-refractivity contribution is 7.91. The van der Waals surface area contributed by atoms with Crippen LogP contribution < -0.4 is 0 Å². The minimum Gasteiger partial charge on any atom is -0.218 e. The van der Waals surface area contributed by atoms with E-state index >= 15 is 0 Å². The lowest BCUT2D eigenvalue weighted by Crippen LogP contribution is -2.17. The molecule has 2 aromatic rings. The Hall–Kier alpha value is -1.45. The largest absolute Gasteiger partial charge is 0.417 e. The highest BCUT2D eigenvalue weighted by Crippen LogP contribution is 2.42. The average Bonchev–Trinajstić information content (AvgIpc) is 2.44. The second-order valence-corrected chi connectivity index (χ2v) is 7.54. The van der Waals surface area contributed by atoms with Gasteiger partial charge in [0.25, 0.3) is 0 Å². The van der Waals surface area contributed by atoms with E-state index in [-0.39, 0.29) is 0 Å². The number of benzene rings is 2. The maximum atomic E-state index is 13.1. The van der Waals surface area contributed by atoms with Crippen LogP contribution in [-0.2, 0) is 22.2 Å². The van der Waals surface area contributed by atoms with E-state index in [1.165, 1.54) is 0 Å². The molecule has 2 rings (SSSR count). The molecule has 11 heteroatoms. The highest BCUT2D eigenvalue weighted by atomic mass is 35.5. The van der Waals surface area contributed by atoms with E-state index in [0.29, 0.717) is 24.3 Å². The van der Waals surface area contributed by atoms with Gasteiger partial charge in [-0.15, -0.1) is 0 Å². The predicted molar refractivity (Wildman–Crippen MR) is 78.4 cm³/mol. The maximum Gasteiger partial charge on any atom is 0.417 e. The monoisotopic (exact) mass is 422 g/mol. The summed E-state index contributed by atoms with van der Waals surface area (Å²) in [4.78, 5) is -2.67. The minimum atomic E-state index is -5.16. The molecule has 0 saturated carbocycles. The molecule has 2 nitrogen and oxygen atoms in total. The van der Waals surface area contributed by atoms with Gasteiger partial charge in [-0.3, -0.25) is 0 Å². The molecule has 0 aliphatic carbocycles. The topological polar surface area (TPSA) is 34.1 Å². The first kappa shape index (κ1) is 19.9. The highest BCUT2D eigenvalue weighted by Gasteiger charge is 2.42. The van der Waals surface area contributed by atoms with Gasteiger partial charge in [-0.1, -0.05) is 23.2 Å². The Labute approximate surface area is 147 Å². The van der Waals surface area contributed by atoms with Gasteiger partial charge in [0, 0.05) is 10.0 Å². The van der Waals surface area contributed by atoms with Crippen molar-refractivity contribution in [3.05, 3.63) is 57.6 Å². The lowest BCUT2D eigenvalue weighted by molar-refractivity contribution is -0.140. The van der Waals surface area contributed by atoms with Crippen molar-refractivity contribution in [2.45, 2.75) is 22.1 Å². The van der Waals surface area contributed by atoms with Crippen molar-refractivity contribution < 1.29 is 34.8 Å². The van der Waals surface area contributed by atoms with Crippen LogP contribution in [-0.4, -0.2) is 8.42 Å². The molecular weight excluding hydrogens is 417 g/mol. The van der Waals surface area contributed by atoms with Gasteiger partial charge in [0.15, 0.2) is 0 Å². The van der Waals surface area contributed by atoms with Crippen LogP contribution in [0.2, 0.25) is 10.0 Å². The number of rotatable bonds is 2. The first-order valence-electron chi connectivity index (χ1n) is 6.23. The molecule has 0 atom stereocenters. The van der Waals surface area contributed by atoms with Crippen molar-refractivity contribution in [1.82, 2.24) is 0 Å². The minimum absolute atomic E-state index is 0.331. The van der Waals surface area contributed by atoms with Crippen LogP contribution in [0.5, 0.6) is 0 Å². The van der Waals surface area contributed by atoms with Crippen molar-refractivity contribution in [2.24, 2.45) is 0 Å². The van der Waals surface area contributed by atoms with E-state index in [1.807, 2.05) is 0 Å². The lowest BCUT2D eigenvalue weighted by Gasteiger charge is -2.17. The molecule has 0 spiro atoms. The quantitative estimate of drug-likeness (QED) is 0.567. The van der Waals surface area contributed by atoms with Gasteiger partial charge in [0.05, 0.1) is 20.9 Å². The van der Waals surface area contributed by atoms with E-state index in [4.69, 9.17) is 23.2 Å². The summed E-state index contributed by atoms with van der Waals surface area (Å²) in [7, 11) is -5.16. The Morgan fingerprint density at radius 2 is 1.00 bits per heavy atom. The fraction of sp³-hybridized carbons (Fsp3) is 0.143. The Bertz CT molecular complexity index is 850. The fourth-order valence-corrected chi connectivity index (χ4v) is 4.04. The molecule has 136 valence electrons. The Kier molecular flexibility index (Phi) is 5.06. The molecular formula is C14H6Cl2F6O2S. The van der Waals surface area contributed by atoms with Crippen molar-refractivity contribution in [3.8, 4) is 0 Å². The van der Waals surface area contributed by atoms with Crippen molar-refractivity contribution >= 4 is 33.0 Å². The standard InChI is InChI=1S/C14H6Cl2F6O2S/c15-7-1-3-11(9(5-7)13(17,18)19)25(23,24)12-4-2-8(16)6-10(12)14(20,21)22/h1-6H. The van der Waals surface area contributed by atoms with Crippen LogP contribution in [0.1, 0.15) is 11.1 Å². The van der Waals surface area contributed by atoms with E-state index in [0.717, 1.165) is 12.1 Å². The predicted octanol–water partition coefficient (Wildman–Crippen LogP) is 5.86. The summed E-state index contributed by atoms with van der Waals surface area (Å²) in [5, 5.41) is -0.836. The van der Waals surface area contributed by atoms with Crippen molar-refractivity contribution in [2.75, 3.05) is 0 Å². The SMILES string of the molecule is O=S(=O)(c1ccc(Cl)cc1C(F)(F)F)c1ccc(Cl)cc1C(F)(F)F. The summed E-state index contributed by atoms with van der Waals surface area (Å²) in [6, 6.07) is 3.36. The zero-order valence-electron chi connectivity index (χ0n) is 11.7. The van der Waals surface area contributed by atoms with Crippen LogP contribution in [0.15, 0.2) is 46.2 Å². The third kappa shape index (κ3) is 4.04. The number of hydrogen-bond donors (Lipinski definition) is 0. The van der Waals surface area contributed by atoms with Gasteiger partial charge < -0.3 is 0 Å². The molecule has 0 heterocycles. The fourth-order valence-electron chi connectivity index (χ4n) is 2.03. The molecule has 0 amide bonds. The van der Waals surface area contributed by atoms with Gasteiger partial charge >= 0.3 is 12.4 Å². The summed E-state index contributed by atoms with van der Waals surface area (Å²) in [6.45, 7) is 0. The molecule has 0 radical (unpaired) electrons. The second-order valence-electron chi connectivity index (χ2n) is 4.78. The van der Waals surface area contributed by atoms with E-state index in [2.05, 4.69) is 0 Å². The smallest absolute Gasteiger partial charge is 0.218 e. The normalized spacial score (nSPS) is 13.1. The molecule has 25 heavy (non-hydrogen) atoms. The van der Waals surface area contributed by atoms with E-state index < -0.39 is 53.2 Å². The molecule has 2 aromatic carbocycles.